The zero-order valence-electron chi connectivity index (χ0n) is 13.4. The molecule has 1 aliphatic rings. The molecule has 0 saturated carbocycles. The minimum Gasteiger partial charge on any atom is -0.366 e. The molecular weight excluding hydrogens is 369 g/mol. The molecule has 132 valence electrons. The van der Waals surface area contributed by atoms with E-state index in [4.69, 9.17) is 23.2 Å². The molecule has 0 radical (unpaired) electrons. The van der Waals surface area contributed by atoms with Crippen LogP contribution in [0.15, 0.2) is 24.4 Å². The molecule has 0 unspecified atom stereocenters. The maximum atomic E-state index is 6.03. The summed E-state index contributed by atoms with van der Waals surface area (Å²) in [7, 11) is 0. The number of rotatable bonds is 6. The zero-order valence-corrected chi connectivity index (χ0v) is 15.7. The van der Waals surface area contributed by atoms with Crippen LogP contribution in [0, 0.1) is 0 Å². The Morgan fingerprint density at radius 3 is 2.62 bits per heavy atom. The van der Waals surface area contributed by atoms with Crippen molar-refractivity contribution in [1.29, 1.82) is 0 Å². The summed E-state index contributed by atoms with van der Waals surface area (Å²) in [5.74, 6) is 0.807. The van der Waals surface area contributed by atoms with E-state index in [1.54, 1.807) is 10.7 Å². The van der Waals surface area contributed by atoms with Crippen LogP contribution in [-0.2, 0) is 6.54 Å². The summed E-state index contributed by atoms with van der Waals surface area (Å²) < 4.78 is 1.79. The minimum atomic E-state index is 0. The summed E-state index contributed by atoms with van der Waals surface area (Å²) in [4.78, 5) is 2.50. The van der Waals surface area contributed by atoms with Crippen molar-refractivity contribution in [3.63, 3.8) is 0 Å². The van der Waals surface area contributed by atoms with Gasteiger partial charge in [0.25, 0.3) is 0 Å². The highest BCUT2D eigenvalue weighted by Crippen LogP contribution is 2.23. The molecule has 1 aliphatic heterocycles. The van der Waals surface area contributed by atoms with Crippen molar-refractivity contribution in [3.05, 3.63) is 40.0 Å². The first-order valence-electron chi connectivity index (χ1n) is 8.01. The SMILES string of the molecule is Cl.Clc1ccc(Cn2cc(NCCN3CCCCC3)nn2)cc1Cl. The van der Waals surface area contributed by atoms with Crippen LogP contribution in [0.4, 0.5) is 5.82 Å². The van der Waals surface area contributed by atoms with Crippen molar-refractivity contribution in [1.82, 2.24) is 19.9 Å². The maximum Gasteiger partial charge on any atom is 0.168 e. The third-order valence-electron chi connectivity index (χ3n) is 4.05. The van der Waals surface area contributed by atoms with Gasteiger partial charge in [0.1, 0.15) is 0 Å². The number of aromatic nitrogens is 3. The van der Waals surface area contributed by atoms with E-state index >= 15 is 0 Å². The van der Waals surface area contributed by atoms with Crippen LogP contribution < -0.4 is 5.32 Å². The van der Waals surface area contributed by atoms with Gasteiger partial charge in [-0.15, -0.1) is 17.5 Å². The first-order valence-corrected chi connectivity index (χ1v) is 8.76. The molecule has 0 spiro atoms. The van der Waals surface area contributed by atoms with E-state index in [9.17, 15) is 0 Å². The Morgan fingerprint density at radius 1 is 1.08 bits per heavy atom. The van der Waals surface area contributed by atoms with Crippen LogP contribution >= 0.6 is 35.6 Å². The topological polar surface area (TPSA) is 46.0 Å². The van der Waals surface area contributed by atoms with Gasteiger partial charge in [-0.3, -0.25) is 0 Å². The van der Waals surface area contributed by atoms with E-state index in [0.29, 0.717) is 16.6 Å². The average molecular weight is 391 g/mol. The maximum absolute atomic E-state index is 6.03. The molecule has 1 aromatic heterocycles. The lowest BCUT2D eigenvalue weighted by Crippen LogP contribution is -2.33. The Kier molecular flexibility index (Phi) is 7.62. The van der Waals surface area contributed by atoms with Crippen LogP contribution in [-0.4, -0.2) is 46.1 Å². The molecule has 0 bridgehead atoms. The second-order valence-corrected chi connectivity index (χ2v) is 6.69. The van der Waals surface area contributed by atoms with Gasteiger partial charge in [0.2, 0.25) is 0 Å². The van der Waals surface area contributed by atoms with Crippen LogP contribution in [0.3, 0.4) is 0 Å². The number of halogens is 3. The third-order valence-corrected chi connectivity index (χ3v) is 4.79. The molecule has 1 aromatic carbocycles. The lowest BCUT2D eigenvalue weighted by Gasteiger charge is -2.26. The van der Waals surface area contributed by atoms with E-state index in [1.807, 2.05) is 18.3 Å². The largest absolute Gasteiger partial charge is 0.366 e. The van der Waals surface area contributed by atoms with Gasteiger partial charge in [0, 0.05) is 13.1 Å². The summed E-state index contributed by atoms with van der Waals surface area (Å²) in [6.07, 6.45) is 5.92. The Balaban J connectivity index is 0.00000208. The molecule has 0 atom stereocenters. The summed E-state index contributed by atoms with van der Waals surface area (Å²) in [6, 6.07) is 5.60. The molecule has 1 saturated heterocycles. The quantitative estimate of drug-likeness (QED) is 0.811. The van der Waals surface area contributed by atoms with Gasteiger partial charge in [0.15, 0.2) is 5.82 Å². The van der Waals surface area contributed by atoms with Crippen molar-refractivity contribution in [2.75, 3.05) is 31.5 Å². The monoisotopic (exact) mass is 389 g/mol. The number of piperidine rings is 1. The number of nitrogens with zero attached hydrogens (tertiary/aromatic N) is 4. The van der Waals surface area contributed by atoms with Crippen LogP contribution in [0.5, 0.6) is 0 Å². The molecule has 0 amide bonds. The molecule has 3 rings (SSSR count). The molecule has 8 heteroatoms. The van der Waals surface area contributed by atoms with E-state index in [2.05, 4.69) is 20.5 Å². The van der Waals surface area contributed by atoms with Crippen molar-refractivity contribution >= 4 is 41.4 Å². The standard InChI is InChI=1S/C16H21Cl2N5.ClH/c17-14-5-4-13(10-15(14)18)11-23-12-16(20-21-23)19-6-9-22-7-2-1-3-8-22;/h4-5,10,12,19H,1-3,6-9,11H2;1H. The molecule has 5 nitrogen and oxygen atoms in total. The van der Waals surface area contributed by atoms with E-state index in [-0.39, 0.29) is 12.4 Å². The van der Waals surface area contributed by atoms with E-state index in [0.717, 1.165) is 24.5 Å². The van der Waals surface area contributed by atoms with Gasteiger partial charge >= 0.3 is 0 Å². The van der Waals surface area contributed by atoms with Gasteiger partial charge in [-0.2, -0.15) is 0 Å². The number of nitrogens with one attached hydrogen (secondary N) is 1. The van der Waals surface area contributed by atoms with Crippen molar-refractivity contribution in [3.8, 4) is 0 Å². The summed E-state index contributed by atoms with van der Waals surface area (Å²) in [5, 5.41) is 12.8. The van der Waals surface area contributed by atoms with Gasteiger partial charge in [-0.05, 0) is 43.6 Å². The fourth-order valence-electron chi connectivity index (χ4n) is 2.81. The lowest BCUT2D eigenvalue weighted by atomic mass is 10.1. The fraction of sp³-hybridized carbons (Fsp3) is 0.500. The molecule has 0 aliphatic carbocycles. The smallest absolute Gasteiger partial charge is 0.168 e. The van der Waals surface area contributed by atoms with Crippen molar-refractivity contribution in [2.45, 2.75) is 25.8 Å². The lowest BCUT2D eigenvalue weighted by molar-refractivity contribution is 0.237. The Morgan fingerprint density at radius 2 is 1.88 bits per heavy atom. The highest BCUT2D eigenvalue weighted by molar-refractivity contribution is 6.42. The van der Waals surface area contributed by atoms with Crippen LogP contribution in [0.2, 0.25) is 10.0 Å². The zero-order chi connectivity index (χ0) is 16.1. The normalized spacial score (nSPS) is 15.1. The second kappa shape index (κ2) is 9.47. The summed E-state index contributed by atoms with van der Waals surface area (Å²) >= 11 is 12.0. The van der Waals surface area contributed by atoms with Crippen molar-refractivity contribution in [2.24, 2.45) is 0 Å². The van der Waals surface area contributed by atoms with Gasteiger partial charge in [-0.1, -0.05) is 40.9 Å². The molecule has 1 fully saturated rings. The van der Waals surface area contributed by atoms with Gasteiger partial charge in [-0.25, -0.2) is 4.68 Å². The number of hydrogen-bond donors (Lipinski definition) is 1. The summed E-state index contributed by atoms with van der Waals surface area (Å²) in [5.41, 5.74) is 1.05. The highest BCUT2D eigenvalue weighted by Gasteiger charge is 2.09. The predicted molar refractivity (Wildman–Crippen MR) is 102 cm³/mol. The predicted octanol–water partition coefficient (Wildman–Crippen LogP) is 3.95. The second-order valence-electron chi connectivity index (χ2n) is 5.88. The van der Waals surface area contributed by atoms with E-state index in [1.165, 1.54) is 32.4 Å². The Hall–Kier alpha value is -1.01. The third kappa shape index (κ3) is 5.52. The van der Waals surface area contributed by atoms with Gasteiger partial charge < -0.3 is 10.2 Å². The molecule has 2 aromatic rings. The van der Waals surface area contributed by atoms with Crippen molar-refractivity contribution < 1.29 is 0 Å². The fourth-order valence-corrected chi connectivity index (χ4v) is 3.13. The van der Waals surface area contributed by atoms with Crippen LogP contribution in [0.1, 0.15) is 24.8 Å². The Labute approximate surface area is 158 Å². The first kappa shape index (κ1) is 19.3. The molecular formula is C16H22Cl3N5. The number of benzene rings is 1. The number of anilines is 1. The summed E-state index contributed by atoms with van der Waals surface area (Å²) in [6.45, 7) is 5.00. The van der Waals surface area contributed by atoms with Crippen LogP contribution in [0.25, 0.3) is 0 Å². The number of hydrogen-bond acceptors (Lipinski definition) is 4. The van der Waals surface area contributed by atoms with E-state index < -0.39 is 0 Å². The Bertz CT molecular complexity index is 640. The average Bonchev–Trinajstić information content (AvgIpc) is 2.99. The molecule has 2 heterocycles. The first-order chi connectivity index (χ1) is 11.2. The minimum absolute atomic E-state index is 0. The highest BCUT2D eigenvalue weighted by atomic mass is 35.5. The van der Waals surface area contributed by atoms with Gasteiger partial charge in [0.05, 0.1) is 22.8 Å². The molecule has 1 N–H and O–H groups in total. The number of likely N-dealkylation sites (tertiary alicyclic amines) is 1. The molecule has 24 heavy (non-hydrogen) atoms.